The maximum absolute atomic E-state index is 13.7. The Balaban J connectivity index is 0.00000306. The van der Waals surface area contributed by atoms with Crippen LogP contribution in [0.15, 0.2) is 35.1 Å². The van der Waals surface area contributed by atoms with Gasteiger partial charge in [0.2, 0.25) is 5.78 Å². The summed E-state index contributed by atoms with van der Waals surface area (Å²) in [7, 11) is 3.01. The summed E-state index contributed by atoms with van der Waals surface area (Å²) in [5.41, 5.74) is -0.548. The molecular formula is C22H26N2O9. The first-order chi connectivity index (χ1) is 14.8. The maximum atomic E-state index is 13.7. The lowest BCUT2D eigenvalue weighted by molar-refractivity contribution is -0.159. The van der Waals surface area contributed by atoms with Crippen molar-refractivity contribution in [3.8, 4) is 5.75 Å². The maximum Gasteiger partial charge on any atom is 0.255 e. The first kappa shape index (κ1) is 24.4. The molecule has 0 aromatic heterocycles. The van der Waals surface area contributed by atoms with Gasteiger partial charge in [-0.2, -0.15) is 0 Å². The number of fused-ring (bicyclic) bond motifs is 3. The standard InChI is InChI=1S/C22H24N2O8.H2O/c1-21(31)8-5-4-6-11(25)12(8)16(26)13-9(21)7-10-15(24(2)3)17(27)14(20(23)30)19(29)22(10,32)18(13)28;/h4-6,9-10,15,25-26,29,31-32H,7H2,1-3H3,(H2,23,30);1H2. The Bertz CT molecular complexity index is 1150. The number of hydrogen-bond donors (Lipinski definition) is 6. The number of carbonyl (C=O) groups excluding carboxylic acids is 3. The molecular weight excluding hydrogens is 436 g/mol. The number of nitrogens with two attached hydrogens (primary N) is 1. The third-order valence-corrected chi connectivity index (χ3v) is 7.02. The second-order valence-electron chi connectivity index (χ2n) is 8.96. The number of aromatic hydroxyl groups is 1. The number of Topliss-reactive ketones (excluding diaryl/α,β-unsaturated/α-hetero) is 2. The molecule has 0 aliphatic heterocycles. The predicted octanol–water partition coefficient (Wildman–Crippen LogP) is -1.20. The van der Waals surface area contributed by atoms with Crippen molar-refractivity contribution in [2.24, 2.45) is 17.6 Å². The van der Waals surface area contributed by atoms with Crippen LogP contribution in [0.2, 0.25) is 0 Å². The molecule has 33 heavy (non-hydrogen) atoms. The van der Waals surface area contributed by atoms with Crippen molar-refractivity contribution in [2.75, 3.05) is 14.1 Å². The van der Waals surface area contributed by atoms with Crippen LogP contribution in [0.3, 0.4) is 0 Å². The number of rotatable bonds is 2. The normalized spacial score (nSPS) is 33.3. The van der Waals surface area contributed by atoms with E-state index in [-0.39, 0.29) is 23.0 Å². The van der Waals surface area contributed by atoms with Gasteiger partial charge in [0, 0.05) is 17.4 Å². The monoisotopic (exact) mass is 462 g/mol. The van der Waals surface area contributed by atoms with E-state index in [2.05, 4.69) is 0 Å². The van der Waals surface area contributed by atoms with E-state index >= 15 is 0 Å². The van der Waals surface area contributed by atoms with E-state index < -0.39 is 75.0 Å². The van der Waals surface area contributed by atoms with Gasteiger partial charge in [-0.25, -0.2) is 0 Å². The molecule has 1 aromatic rings. The van der Waals surface area contributed by atoms with E-state index in [1.807, 2.05) is 0 Å². The average molecular weight is 462 g/mol. The zero-order chi connectivity index (χ0) is 23.9. The summed E-state index contributed by atoms with van der Waals surface area (Å²) < 4.78 is 0. The van der Waals surface area contributed by atoms with Crippen LogP contribution < -0.4 is 5.73 Å². The third-order valence-electron chi connectivity index (χ3n) is 7.02. The van der Waals surface area contributed by atoms with Crippen molar-refractivity contribution in [3.05, 3.63) is 46.2 Å². The van der Waals surface area contributed by atoms with Crippen LogP contribution in [-0.4, -0.2) is 79.1 Å². The van der Waals surface area contributed by atoms with E-state index in [1.165, 1.54) is 44.1 Å². The highest BCUT2D eigenvalue weighted by Gasteiger charge is 2.66. The van der Waals surface area contributed by atoms with Gasteiger partial charge in [0.1, 0.15) is 22.8 Å². The van der Waals surface area contributed by atoms with Gasteiger partial charge in [0.15, 0.2) is 11.4 Å². The minimum absolute atomic E-state index is 0. The van der Waals surface area contributed by atoms with Gasteiger partial charge in [-0.1, -0.05) is 12.1 Å². The first-order valence-electron chi connectivity index (χ1n) is 9.97. The van der Waals surface area contributed by atoms with E-state index in [0.29, 0.717) is 0 Å². The molecule has 178 valence electrons. The summed E-state index contributed by atoms with van der Waals surface area (Å²) in [6, 6.07) is 3.02. The molecule has 0 spiro atoms. The lowest BCUT2D eigenvalue weighted by Crippen LogP contribution is -2.67. The summed E-state index contributed by atoms with van der Waals surface area (Å²) >= 11 is 0. The number of hydrogen-bond acceptors (Lipinski definition) is 9. The minimum Gasteiger partial charge on any atom is -0.508 e. The Morgan fingerprint density at radius 3 is 2.30 bits per heavy atom. The summed E-state index contributed by atoms with van der Waals surface area (Å²) in [5, 5.41) is 54.9. The SMILES string of the molecule is CN(C)C1C(=O)C(C(N)=O)=C(O)C2(O)C(=O)C3=C(O)c4c(O)cccc4C(C)(O)C3CC12.O. The zero-order valence-corrected chi connectivity index (χ0v) is 18.2. The van der Waals surface area contributed by atoms with Crippen LogP contribution in [0.25, 0.3) is 5.76 Å². The smallest absolute Gasteiger partial charge is 0.255 e. The summed E-state index contributed by atoms with van der Waals surface area (Å²) in [4.78, 5) is 40.0. The van der Waals surface area contributed by atoms with Gasteiger partial charge in [-0.15, -0.1) is 0 Å². The largest absolute Gasteiger partial charge is 0.508 e. The number of aliphatic hydroxyl groups is 4. The zero-order valence-electron chi connectivity index (χ0n) is 18.2. The lowest BCUT2D eigenvalue weighted by atomic mass is 9.54. The second-order valence-corrected chi connectivity index (χ2v) is 8.96. The third kappa shape index (κ3) is 2.86. The van der Waals surface area contributed by atoms with E-state index in [0.717, 1.165) is 0 Å². The first-order valence-corrected chi connectivity index (χ1v) is 9.97. The molecule has 0 radical (unpaired) electrons. The number of benzene rings is 1. The molecule has 5 unspecified atom stereocenters. The van der Waals surface area contributed by atoms with Crippen molar-refractivity contribution in [2.45, 2.75) is 30.6 Å². The Morgan fingerprint density at radius 2 is 1.76 bits per heavy atom. The molecule has 1 amide bonds. The van der Waals surface area contributed by atoms with Gasteiger partial charge in [0.05, 0.1) is 17.2 Å². The number of ketones is 2. The van der Waals surface area contributed by atoms with Crippen LogP contribution >= 0.6 is 0 Å². The quantitative estimate of drug-likeness (QED) is 0.291. The number of phenolic OH excluding ortho intramolecular Hbond substituents is 1. The van der Waals surface area contributed by atoms with E-state index in [4.69, 9.17) is 5.73 Å². The fourth-order valence-corrected chi connectivity index (χ4v) is 5.50. The van der Waals surface area contributed by atoms with Gasteiger partial charge in [-0.05, 0) is 39.1 Å². The molecule has 11 heteroatoms. The average Bonchev–Trinajstić information content (AvgIpc) is 2.68. The molecule has 4 rings (SSSR count). The van der Waals surface area contributed by atoms with Crippen LogP contribution in [0.1, 0.15) is 24.5 Å². The van der Waals surface area contributed by atoms with Crippen LogP contribution in [0.4, 0.5) is 0 Å². The van der Waals surface area contributed by atoms with Gasteiger partial charge < -0.3 is 36.7 Å². The molecule has 0 heterocycles. The van der Waals surface area contributed by atoms with E-state index in [1.54, 1.807) is 0 Å². The van der Waals surface area contributed by atoms with Gasteiger partial charge in [0.25, 0.3) is 5.91 Å². The van der Waals surface area contributed by atoms with Crippen LogP contribution in [-0.2, 0) is 20.0 Å². The number of phenols is 1. The Hall–Kier alpha value is -3.25. The molecule has 1 saturated carbocycles. The molecule has 3 aliphatic rings. The van der Waals surface area contributed by atoms with Crippen LogP contribution in [0.5, 0.6) is 5.75 Å². The summed E-state index contributed by atoms with van der Waals surface area (Å²) in [5.74, 6) is -7.90. The molecule has 1 fully saturated rings. The summed E-state index contributed by atoms with van der Waals surface area (Å²) in [6.45, 7) is 1.40. The molecule has 5 atom stereocenters. The van der Waals surface area contributed by atoms with Gasteiger partial charge in [-0.3, -0.25) is 19.3 Å². The molecule has 0 bridgehead atoms. The number of carbonyl (C=O) groups is 3. The number of likely N-dealkylation sites (N-methyl/N-ethyl adjacent to an activating group) is 1. The molecule has 9 N–H and O–H groups in total. The molecule has 11 nitrogen and oxygen atoms in total. The predicted molar refractivity (Wildman–Crippen MR) is 114 cm³/mol. The van der Waals surface area contributed by atoms with Crippen molar-refractivity contribution < 1.29 is 45.4 Å². The topological polar surface area (TPSA) is 213 Å². The molecule has 1 aromatic carbocycles. The number of amides is 1. The Kier molecular flexibility index (Phi) is 5.46. The van der Waals surface area contributed by atoms with Crippen molar-refractivity contribution in [3.63, 3.8) is 0 Å². The lowest BCUT2D eigenvalue weighted by Gasteiger charge is -2.53. The number of aliphatic hydroxyl groups excluding tert-OH is 2. The highest BCUT2D eigenvalue weighted by Crippen LogP contribution is 2.57. The Morgan fingerprint density at radius 1 is 1.15 bits per heavy atom. The van der Waals surface area contributed by atoms with E-state index in [9.17, 15) is 39.9 Å². The highest BCUT2D eigenvalue weighted by molar-refractivity contribution is 6.24. The summed E-state index contributed by atoms with van der Waals surface area (Å²) in [6.07, 6.45) is -0.200. The molecule has 0 saturated heterocycles. The van der Waals surface area contributed by atoms with Crippen molar-refractivity contribution in [1.82, 2.24) is 4.90 Å². The highest BCUT2D eigenvalue weighted by atomic mass is 16.3. The fraction of sp³-hybridized carbons (Fsp3) is 0.409. The second kappa shape index (κ2) is 7.39. The number of nitrogens with zero attached hydrogens (tertiary/aromatic N) is 1. The van der Waals surface area contributed by atoms with Crippen molar-refractivity contribution in [1.29, 1.82) is 0 Å². The van der Waals surface area contributed by atoms with Crippen molar-refractivity contribution >= 4 is 23.2 Å². The minimum atomic E-state index is -2.75. The van der Waals surface area contributed by atoms with Gasteiger partial charge >= 0.3 is 0 Å². The fourth-order valence-electron chi connectivity index (χ4n) is 5.50. The Labute approximate surface area is 188 Å². The molecule has 3 aliphatic carbocycles. The number of primary amides is 1. The van der Waals surface area contributed by atoms with Crippen LogP contribution in [0, 0.1) is 11.8 Å².